The van der Waals surface area contributed by atoms with Gasteiger partial charge in [-0.15, -0.1) is 5.10 Å². The minimum absolute atomic E-state index is 0.110. The fraction of sp³-hybridized carbons (Fsp3) is 0.636. The van der Waals surface area contributed by atoms with E-state index in [4.69, 9.17) is 0 Å². The van der Waals surface area contributed by atoms with Crippen LogP contribution in [0.15, 0.2) is 0 Å². The molecule has 1 saturated heterocycles. The third-order valence-corrected chi connectivity index (χ3v) is 3.01. The Morgan fingerprint density at radius 3 is 2.81 bits per heavy atom. The van der Waals surface area contributed by atoms with Gasteiger partial charge in [0.25, 0.3) is 0 Å². The van der Waals surface area contributed by atoms with Gasteiger partial charge in [0.1, 0.15) is 6.29 Å². The first kappa shape index (κ1) is 11.0. The van der Waals surface area contributed by atoms with Crippen LogP contribution in [0.2, 0.25) is 0 Å². The summed E-state index contributed by atoms with van der Waals surface area (Å²) in [5.41, 5.74) is 1.76. The van der Waals surface area contributed by atoms with Gasteiger partial charge in [-0.1, -0.05) is 0 Å². The second kappa shape index (κ2) is 4.55. The van der Waals surface area contributed by atoms with E-state index in [1.165, 1.54) is 0 Å². The van der Waals surface area contributed by atoms with Gasteiger partial charge in [0.05, 0.1) is 11.4 Å². The number of aromatic nitrogens is 3. The second-order valence-electron chi connectivity index (χ2n) is 4.27. The van der Waals surface area contributed by atoms with Crippen LogP contribution in [0.5, 0.6) is 0 Å². The molecule has 1 aliphatic rings. The summed E-state index contributed by atoms with van der Waals surface area (Å²) in [6, 6.07) is 0. The molecule has 0 radical (unpaired) electrons. The standard InChI is InChI=1S/C11H16N4O/c1-8-9(2)13-14-11(12-8)15-5-3-4-10(6-15)7-16/h7,10H,3-6H2,1-2H3. The van der Waals surface area contributed by atoms with Gasteiger partial charge in [0, 0.05) is 19.0 Å². The Morgan fingerprint density at radius 2 is 2.12 bits per heavy atom. The number of piperidine rings is 1. The molecule has 0 saturated carbocycles. The number of rotatable bonds is 2. The Labute approximate surface area is 94.9 Å². The molecule has 86 valence electrons. The van der Waals surface area contributed by atoms with Crippen LogP contribution in [0.1, 0.15) is 24.2 Å². The van der Waals surface area contributed by atoms with Gasteiger partial charge in [0.2, 0.25) is 5.95 Å². The van der Waals surface area contributed by atoms with Crippen molar-refractivity contribution in [3.63, 3.8) is 0 Å². The smallest absolute Gasteiger partial charge is 0.245 e. The van der Waals surface area contributed by atoms with Crippen molar-refractivity contribution in [2.75, 3.05) is 18.0 Å². The van der Waals surface area contributed by atoms with Crippen molar-refractivity contribution in [2.45, 2.75) is 26.7 Å². The molecule has 2 rings (SSSR count). The number of carbonyl (C=O) groups excluding carboxylic acids is 1. The number of hydrogen-bond acceptors (Lipinski definition) is 5. The molecular formula is C11H16N4O. The van der Waals surface area contributed by atoms with Crippen LogP contribution in [0.3, 0.4) is 0 Å². The second-order valence-corrected chi connectivity index (χ2v) is 4.27. The highest BCUT2D eigenvalue weighted by atomic mass is 16.1. The lowest BCUT2D eigenvalue weighted by molar-refractivity contribution is -0.111. The van der Waals surface area contributed by atoms with Crippen LogP contribution >= 0.6 is 0 Å². The molecule has 0 N–H and O–H groups in total. The summed E-state index contributed by atoms with van der Waals surface area (Å²) in [7, 11) is 0. The summed E-state index contributed by atoms with van der Waals surface area (Å²) in [6.45, 7) is 5.44. The largest absolute Gasteiger partial charge is 0.339 e. The Balaban J connectivity index is 2.16. The van der Waals surface area contributed by atoms with E-state index >= 15 is 0 Å². The number of carbonyl (C=O) groups is 1. The van der Waals surface area contributed by atoms with Gasteiger partial charge in [-0.2, -0.15) is 5.10 Å². The zero-order valence-electron chi connectivity index (χ0n) is 9.68. The van der Waals surface area contributed by atoms with Gasteiger partial charge in [-0.05, 0) is 26.7 Å². The fourth-order valence-corrected chi connectivity index (χ4v) is 1.88. The van der Waals surface area contributed by atoms with Crippen molar-refractivity contribution < 1.29 is 4.79 Å². The van der Waals surface area contributed by atoms with Gasteiger partial charge in [-0.25, -0.2) is 4.98 Å². The fourth-order valence-electron chi connectivity index (χ4n) is 1.88. The minimum atomic E-state index is 0.110. The molecule has 1 aromatic rings. The third-order valence-electron chi connectivity index (χ3n) is 3.01. The maximum Gasteiger partial charge on any atom is 0.245 e. The van der Waals surface area contributed by atoms with E-state index in [0.717, 1.165) is 37.1 Å². The minimum Gasteiger partial charge on any atom is -0.339 e. The summed E-state index contributed by atoms with van der Waals surface area (Å²) in [4.78, 5) is 17.2. The molecule has 1 atom stereocenters. The van der Waals surface area contributed by atoms with E-state index in [1.54, 1.807) is 0 Å². The summed E-state index contributed by atoms with van der Waals surface area (Å²) >= 11 is 0. The normalized spacial score (nSPS) is 20.9. The molecule has 2 heterocycles. The zero-order valence-corrected chi connectivity index (χ0v) is 9.68. The first-order valence-electron chi connectivity index (χ1n) is 5.59. The number of aldehydes is 1. The molecule has 5 heteroatoms. The van der Waals surface area contributed by atoms with Crippen molar-refractivity contribution in [3.05, 3.63) is 11.4 Å². The van der Waals surface area contributed by atoms with Crippen LogP contribution in [0.4, 0.5) is 5.95 Å². The van der Waals surface area contributed by atoms with Gasteiger partial charge in [0.15, 0.2) is 0 Å². The average Bonchev–Trinajstić information content (AvgIpc) is 2.33. The van der Waals surface area contributed by atoms with E-state index in [-0.39, 0.29) is 5.92 Å². The molecule has 1 aromatic heterocycles. The molecule has 0 spiro atoms. The molecule has 0 bridgehead atoms. The van der Waals surface area contributed by atoms with Crippen LogP contribution in [0.25, 0.3) is 0 Å². The van der Waals surface area contributed by atoms with E-state index in [1.807, 2.05) is 18.7 Å². The maximum absolute atomic E-state index is 10.8. The van der Waals surface area contributed by atoms with E-state index < -0.39 is 0 Å². The summed E-state index contributed by atoms with van der Waals surface area (Å²) in [6.07, 6.45) is 3.01. The van der Waals surface area contributed by atoms with Crippen molar-refractivity contribution in [2.24, 2.45) is 5.92 Å². The third kappa shape index (κ3) is 2.18. The molecule has 0 aliphatic carbocycles. The lowest BCUT2D eigenvalue weighted by Gasteiger charge is -2.29. The predicted octanol–water partition coefficient (Wildman–Crippen LogP) is 0.904. The zero-order chi connectivity index (χ0) is 11.5. The average molecular weight is 220 g/mol. The van der Waals surface area contributed by atoms with Crippen molar-refractivity contribution in [3.8, 4) is 0 Å². The molecule has 1 unspecified atom stereocenters. The SMILES string of the molecule is Cc1nnc(N2CCCC(C=O)C2)nc1C. The van der Waals surface area contributed by atoms with Gasteiger partial charge >= 0.3 is 0 Å². The first-order chi connectivity index (χ1) is 7.70. The molecule has 0 amide bonds. The number of anilines is 1. The van der Waals surface area contributed by atoms with Gasteiger partial charge in [-0.3, -0.25) is 0 Å². The van der Waals surface area contributed by atoms with Crippen molar-refractivity contribution in [1.29, 1.82) is 0 Å². The van der Waals surface area contributed by atoms with Crippen molar-refractivity contribution in [1.82, 2.24) is 15.2 Å². The highest BCUT2D eigenvalue weighted by Gasteiger charge is 2.21. The Kier molecular flexibility index (Phi) is 3.12. The molecule has 1 fully saturated rings. The summed E-state index contributed by atoms with van der Waals surface area (Å²) in [5.74, 6) is 0.758. The lowest BCUT2D eigenvalue weighted by Crippen LogP contribution is -2.37. The van der Waals surface area contributed by atoms with Gasteiger partial charge < -0.3 is 9.69 Å². The van der Waals surface area contributed by atoms with E-state index in [9.17, 15) is 4.79 Å². The highest BCUT2D eigenvalue weighted by Crippen LogP contribution is 2.18. The number of hydrogen-bond donors (Lipinski definition) is 0. The highest BCUT2D eigenvalue weighted by molar-refractivity contribution is 5.55. The van der Waals surface area contributed by atoms with E-state index in [2.05, 4.69) is 15.2 Å². The molecule has 0 aromatic carbocycles. The monoisotopic (exact) mass is 220 g/mol. The van der Waals surface area contributed by atoms with Crippen LogP contribution < -0.4 is 4.90 Å². The molecular weight excluding hydrogens is 204 g/mol. The quantitative estimate of drug-likeness (QED) is 0.693. The van der Waals surface area contributed by atoms with Crippen molar-refractivity contribution >= 4 is 12.2 Å². The molecule has 5 nitrogen and oxygen atoms in total. The van der Waals surface area contributed by atoms with Crippen LogP contribution in [-0.4, -0.2) is 34.6 Å². The summed E-state index contributed by atoms with van der Waals surface area (Å²) in [5, 5.41) is 8.14. The molecule has 1 aliphatic heterocycles. The van der Waals surface area contributed by atoms with E-state index in [0.29, 0.717) is 12.5 Å². The Bertz CT molecular complexity index is 394. The van der Waals surface area contributed by atoms with Crippen LogP contribution in [0, 0.1) is 19.8 Å². The molecule has 16 heavy (non-hydrogen) atoms. The maximum atomic E-state index is 10.8. The first-order valence-corrected chi connectivity index (χ1v) is 5.59. The lowest BCUT2D eigenvalue weighted by atomic mass is 10.0. The Hall–Kier alpha value is -1.52. The summed E-state index contributed by atoms with van der Waals surface area (Å²) < 4.78 is 0. The number of aryl methyl sites for hydroxylation is 2. The Morgan fingerprint density at radius 1 is 1.31 bits per heavy atom. The predicted molar refractivity (Wildman–Crippen MR) is 60.3 cm³/mol. The topological polar surface area (TPSA) is 59.0 Å². The number of nitrogens with zero attached hydrogens (tertiary/aromatic N) is 4. The van der Waals surface area contributed by atoms with Crippen LogP contribution in [-0.2, 0) is 4.79 Å².